The minimum absolute atomic E-state index is 0.270. The third-order valence-electron chi connectivity index (χ3n) is 2.87. The van der Waals surface area contributed by atoms with Crippen molar-refractivity contribution in [2.24, 2.45) is 0 Å². The molecule has 0 aliphatic heterocycles. The summed E-state index contributed by atoms with van der Waals surface area (Å²) in [5.74, 6) is 0.957. The summed E-state index contributed by atoms with van der Waals surface area (Å²) >= 11 is 11.9. The number of anilines is 2. The number of urea groups is 1. The van der Waals surface area contributed by atoms with E-state index in [4.69, 9.17) is 32.7 Å². The van der Waals surface area contributed by atoms with Crippen LogP contribution in [0.15, 0.2) is 36.4 Å². The fraction of sp³-hybridized carbons (Fsp3) is 0.133. The molecule has 0 spiro atoms. The fourth-order valence-corrected chi connectivity index (χ4v) is 2.19. The molecule has 0 saturated carbocycles. The van der Waals surface area contributed by atoms with Gasteiger partial charge in [-0.3, -0.25) is 0 Å². The van der Waals surface area contributed by atoms with Crippen molar-refractivity contribution in [1.82, 2.24) is 0 Å². The quantitative estimate of drug-likeness (QED) is 0.851. The van der Waals surface area contributed by atoms with Gasteiger partial charge in [0.05, 0.1) is 30.0 Å². The molecule has 22 heavy (non-hydrogen) atoms. The summed E-state index contributed by atoms with van der Waals surface area (Å²) in [5.41, 5.74) is 0.823. The first-order valence-corrected chi connectivity index (χ1v) is 7.05. The van der Waals surface area contributed by atoms with Gasteiger partial charge in [0.2, 0.25) is 0 Å². The molecule has 0 aliphatic rings. The lowest BCUT2D eigenvalue weighted by atomic mass is 10.2. The van der Waals surface area contributed by atoms with Gasteiger partial charge in [-0.25, -0.2) is 4.79 Å². The SMILES string of the molecule is COc1cccc(OC)c1NC(=O)Nc1cccc(Cl)c1Cl. The predicted octanol–water partition coefficient (Wildman–Crippen LogP) is 4.65. The fourth-order valence-electron chi connectivity index (χ4n) is 1.84. The van der Waals surface area contributed by atoms with Crippen LogP contribution in [0.2, 0.25) is 10.0 Å². The van der Waals surface area contributed by atoms with E-state index in [1.54, 1.807) is 36.4 Å². The molecule has 2 amide bonds. The zero-order valence-corrected chi connectivity index (χ0v) is 13.5. The number of benzene rings is 2. The van der Waals surface area contributed by atoms with Crippen molar-refractivity contribution in [2.75, 3.05) is 24.9 Å². The first-order chi connectivity index (χ1) is 10.6. The number of para-hydroxylation sites is 1. The number of rotatable bonds is 4. The summed E-state index contributed by atoms with van der Waals surface area (Å²) in [4.78, 5) is 12.1. The molecule has 0 aromatic heterocycles. The Morgan fingerprint density at radius 3 is 2.14 bits per heavy atom. The summed E-state index contributed by atoms with van der Waals surface area (Å²) < 4.78 is 10.4. The normalized spacial score (nSPS) is 10.0. The van der Waals surface area contributed by atoms with Crippen molar-refractivity contribution in [2.45, 2.75) is 0 Å². The van der Waals surface area contributed by atoms with Crippen molar-refractivity contribution in [3.05, 3.63) is 46.4 Å². The van der Waals surface area contributed by atoms with E-state index in [1.807, 2.05) is 0 Å². The van der Waals surface area contributed by atoms with Crippen LogP contribution in [-0.4, -0.2) is 20.3 Å². The monoisotopic (exact) mass is 340 g/mol. The maximum Gasteiger partial charge on any atom is 0.323 e. The highest BCUT2D eigenvalue weighted by atomic mass is 35.5. The van der Waals surface area contributed by atoms with Crippen molar-refractivity contribution >= 4 is 40.6 Å². The molecule has 2 aromatic carbocycles. The number of halogens is 2. The van der Waals surface area contributed by atoms with E-state index in [0.717, 1.165) is 0 Å². The maximum atomic E-state index is 12.1. The Morgan fingerprint density at radius 2 is 1.55 bits per heavy atom. The largest absolute Gasteiger partial charge is 0.494 e. The maximum absolute atomic E-state index is 12.1. The van der Waals surface area contributed by atoms with E-state index in [-0.39, 0.29) is 5.02 Å². The van der Waals surface area contributed by atoms with E-state index in [1.165, 1.54) is 14.2 Å². The number of carbonyl (C=O) groups excluding carboxylic acids is 1. The van der Waals surface area contributed by atoms with Crippen molar-refractivity contribution in [1.29, 1.82) is 0 Å². The van der Waals surface area contributed by atoms with Crippen LogP contribution >= 0.6 is 23.2 Å². The highest BCUT2D eigenvalue weighted by Gasteiger charge is 2.14. The average Bonchev–Trinajstić information content (AvgIpc) is 2.52. The molecule has 5 nitrogen and oxygen atoms in total. The van der Waals surface area contributed by atoms with Crippen LogP contribution in [0.5, 0.6) is 11.5 Å². The highest BCUT2D eigenvalue weighted by Crippen LogP contribution is 2.34. The Balaban J connectivity index is 2.21. The third-order valence-corrected chi connectivity index (χ3v) is 3.69. The molecule has 0 fully saturated rings. The lowest BCUT2D eigenvalue weighted by Crippen LogP contribution is -2.20. The van der Waals surface area contributed by atoms with Crippen LogP contribution in [0.3, 0.4) is 0 Å². The van der Waals surface area contributed by atoms with Crippen LogP contribution in [0.4, 0.5) is 16.2 Å². The standard InChI is InChI=1S/C15H14Cl2N2O3/c1-21-11-7-4-8-12(22-2)14(11)19-15(20)18-10-6-3-5-9(16)13(10)17/h3-8H,1-2H3,(H2,18,19,20). The van der Waals surface area contributed by atoms with Crippen LogP contribution < -0.4 is 20.1 Å². The second-order valence-corrected chi connectivity index (χ2v) is 5.00. The Kier molecular flexibility index (Phi) is 5.35. The molecular formula is C15H14Cl2N2O3. The van der Waals surface area contributed by atoms with E-state index in [2.05, 4.69) is 10.6 Å². The number of nitrogens with one attached hydrogen (secondary N) is 2. The molecule has 0 unspecified atom stereocenters. The summed E-state index contributed by atoms with van der Waals surface area (Å²) in [6, 6.07) is 9.66. The smallest absolute Gasteiger partial charge is 0.323 e. The van der Waals surface area contributed by atoms with E-state index in [0.29, 0.717) is 27.9 Å². The van der Waals surface area contributed by atoms with Crippen LogP contribution in [0, 0.1) is 0 Å². The summed E-state index contributed by atoms with van der Waals surface area (Å²) in [7, 11) is 3.01. The Labute approximate surface area is 138 Å². The summed E-state index contributed by atoms with van der Waals surface area (Å²) in [5, 5.41) is 5.92. The van der Waals surface area contributed by atoms with Gasteiger partial charge in [0.15, 0.2) is 0 Å². The first-order valence-electron chi connectivity index (χ1n) is 6.29. The van der Waals surface area contributed by atoms with E-state index in [9.17, 15) is 4.79 Å². The molecule has 2 aromatic rings. The molecule has 0 aliphatic carbocycles. The average molecular weight is 341 g/mol. The molecule has 0 atom stereocenters. The summed E-state index contributed by atoms with van der Waals surface area (Å²) in [6.07, 6.45) is 0. The third kappa shape index (κ3) is 3.55. The molecule has 0 radical (unpaired) electrons. The predicted molar refractivity (Wildman–Crippen MR) is 88.6 cm³/mol. The van der Waals surface area contributed by atoms with Gasteiger partial charge >= 0.3 is 6.03 Å². The van der Waals surface area contributed by atoms with Gasteiger partial charge in [-0.05, 0) is 24.3 Å². The Bertz CT molecular complexity index is 670. The van der Waals surface area contributed by atoms with Gasteiger partial charge in [0, 0.05) is 0 Å². The lowest BCUT2D eigenvalue weighted by molar-refractivity contribution is 0.262. The van der Waals surface area contributed by atoms with Gasteiger partial charge in [-0.1, -0.05) is 35.3 Å². The Hall–Kier alpha value is -2.11. The van der Waals surface area contributed by atoms with Crippen LogP contribution in [0.25, 0.3) is 0 Å². The zero-order chi connectivity index (χ0) is 16.1. The van der Waals surface area contributed by atoms with Crippen molar-refractivity contribution in [3.63, 3.8) is 0 Å². The topological polar surface area (TPSA) is 59.6 Å². The second kappa shape index (κ2) is 7.24. The highest BCUT2D eigenvalue weighted by molar-refractivity contribution is 6.44. The zero-order valence-electron chi connectivity index (χ0n) is 11.9. The van der Waals surface area contributed by atoms with Crippen molar-refractivity contribution in [3.8, 4) is 11.5 Å². The molecule has 0 bridgehead atoms. The minimum atomic E-state index is -0.494. The van der Waals surface area contributed by atoms with Gasteiger partial charge < -0.3 is 20.1 Å². The molecule has 0 heterocycles. The van der Waals surface area contributed by atoms with Gasteiger partial charge in [-0.15, -0.1) is 0 Å². The number of carbonyl (C=O) groups is 1. The first kappa shape index (κ1) is 16.3. The number of methoxy groups -OCH3 is 2. The second-order valence-electron chi connectivity index (χ2n) is 4.22. The van der Waals surface area contributed by atoms with Gasteiger partial charge in [-0.2, -0.15) is 0 Å². The Morgan fingerprint density at radius 1 is 0.955 bits per heavy atom. The van der Waals surface area contributed by atoms with Gasteiger partial charge in [0.25, 0.3) is 0 Å². The van der Waals surface area contributed by atoms with Crippen LogP contribution in [0.1, 0.15) is 0 Å². The molecule has 2 N–H and O–H groups in total. The minimum Gasteiger partial charge on any atom is -0.494 e. The van der Waals surface area contributed by atoms with E-state index < -0.39 is 6.03 Å². The van der Waals surface area contributed by atoms with Crippen molar-refractivity contribution < 1.29 is 14.3 Å². The van der Waals surface area contributed by atoms with Gasteiger partial charge in [0.1, 0.15) is 17.2 Å². The lowest BCUT2D eigenvalue weighted by Gasteiger charge is -2.15. The molecular weight excluding hydrogens is 327 g/mol. The number of amides is 2. The number of hydrogen-bond acceptors (Lipinski definition) is 3. The molecule has 0 saturated heterocycles. The van der Waals surface area contributed by atoms with Crippen LogP contribution in [-0.2, 0) is 0 Å². The van der Waals surface area contributed by atoms with E-state index >= 15 is 0 Å². The molecule has 116 valence electrons. The number of ether oxygens (including phenoxy) is 2. The summed E-state index contributed by atoms with van der Waals surface area (Å²) in [6.45, 7) is 0. The number of hydrogen-bond donors (Lipinski definition) is 2. The molecule has 2 rings (SSSR count). The molecule has 7 heteroatoms.